The van der Waals surface area contributed by atoms with Crippen LogP contribution >= 0.6 is 0 Å². The summed E-state index contributed by atoms with van der Waals surface area (Å²) in [7, 11) is 0. The highest BCUT2D eigenvalue weighted by Gasteiger charge is 2.43. The van der Waals surface area contributed by atoms with Crippen LogP contribution in [0, 0.1) is 25.2 Å². The van der Waals surface area contributed by atoms with Crippen molar-refractivity contribution < 1.29 is 9.59 Å². The van der Waals surface area contributed by atoms with Crippen LogP contribution in [-0.2, 0) is 9.59 Å². The minimum Gasteiger partial charge on any atom is -0.294 e. The zero-order valence-electron chi connectivity index (χ0n) is 18.2. The Kier molecular flexibility index (Phi) is 5.23. The fourth-order valence-corrected chi connectivity index (χ4v) is 4.67. The third-order valence-electron chi connectivity index (χ3n) is 6.32. The molecular formula is C27H29NO2. The molecular weight excluding hydrogens is 370 g/mol. The highest BCUT2D eigenvalue weighted by atomic mass is 16.2. The molecule has 0 N–H and O–H groups in total. The molecule has 1 atom stereocenters. The number of anilines is 1. The Balaban J connectivity index is 1.83. The summed E-state index contributed by atoms with van der Waals surface area (Å²) in [6.07, 6.45) is 5.64. The molecule has 0 fully saturated rings. The molecule has 2 aliphatic rings. The van der Waals surface area contributed by atoms with Gasteiger partial charge in [0.1, 0.15) is 0 Å². The number of Topliss-reactive ketones (excluding diaryl/α,β-unsaturated/α-hetero) is 1. The molecule has 1 amide bonds. The van der Waals surface area contributed by atoms with E-state index in [1.54, 1.807) is 0 Å². The van der Waals surface area contributed by atoms with Crippen molar-refractivity contribution in [1.82, 2.24) is 0 Å². The Hall–Kier alpha value is -2.94. The van der Waals surface area contributed by atoms with Gasteiger partial charge in [-0.15, -0.1) is 0 Å². The van der Waals surface area contributed by atoms with Crippen LogP contribution < -0.4 is 4.90 Å². The SMILES string of the molecule is Cc1cccc(N2C(=O)CC(/C=C/c3ccccc3)C3=C2CC(C)(C)CC3=O)c1C. The molecule has 3 nitrogen and oxygen atoms in total. The first-order valence-corrected chi connectivity index (χ1v) is 10.7. The van der Waals surface area contributed by atoms with E-state index in [0.717, 1.165) is 40.1 Å². The van der Waals surface area contributed by atoms with Gasteiger partial charge >= 0.3 is 0 Å². The Bertz CT molecular complexity index is 1060. The van der Waals surface area contributed by atoms with E-state index in [2.05, 4.69) is 33.8 Å². The Morgan fingerprint density at radius 1 is 0.967 bits per heavy atom. The Morgan fingerprint density at radius 3 is 2.43 bits per heavy atom. The second-order valence-electron chi connectivity index (χ2n) is 9.33. The van der Waals surface area contributed by atoms with Crippen LogP contribution in [0.4, 0.5) is 5.69 Å². The average Bonchev–Trinajstić information content (AvgIpc) is 2.68. The first-order chi connectivity index (χ1) is 14.3. The van der Waals surface area contributed by atoms with E-state index in [1.807, 2.05) is 59.5 Å². The van der Waals surface area contributed by atoms with Crippen LogP contribution in [0.3, 0.4) is 0 Å². The van der Waals surface area contributed by atoms with Gasteiger partial charge in [0.2, 0.25) is 5.91 Å². The van der Waals surface area contributed by atoms with E-state index in [0.29, 0.717) is 12.8 Å². The molecule has 2 aromatic carbocycles. The van der Waals surface area contributed by atoms with Crippen LogP contribution in [0.2, 0.25) is 0 Å². The van der Waals surface area contributed by atoms with Gasteiger partial charge in [-0.25, -0.2) is 0 Å². The Labute approximate surface area is 179 Å². The van der Waals surface area contributed by atoms with Gasteiger partial charge in [-0.2, -0.15) is 0 Å². The predicted molar refractivity (Wildman–Crippen MR) is 122 cm³/mol. The molecule has 2 aromatic rings. The molecule has 30 heavy (non-hydrogen) atoms. The number of benzene rings is 2. The zero-order chi connectivity index (χ0) is 21.5. The van der Waals surface area contributed by atoms with Gasteiger partial charge in [-0.05, 0) is 48.4 Å². The number of carbonyl (C=O) groups is 2. The molecule has 1 aliphatic carbocycles. The Morgan fingerprint density at radius 2 is 1.70 bits per heavy atom. The molecule has 4 rings (SSSR count). The third kappa shape index (κ3) is 3.77. The van der Waals surface area contributed by atoms with E-state index in [-0.39, 0.29) is 23.0 Å². The zero-order valence-corrected chi connectivity index (χ0v) is 18.2. The number of carbonyl (C=O) groups excluding carboxylic acids is 2. The van der Waals surface area contributed by atoms with Crippen LogP contribution in [0.1, 0.15) is 49.8 Å². The van der Waals surface area contributed by atoms with E-state index in [1.165, 1.54) is 0 Å². The summed E-state index contributed by atoms with van der Waals surface area (Å²) in [4.78, 5) is 28.5. The van der Waals surface area contributed by atoms with Crippen LogP contribution in [0.5, 0.6) is 0 Å². The normalized spacial score (nSPS) is 21.3. The molecule has 1 aliphatic heterocycles. The number of rotatable bonds is 3. The maximum Gasteiger partial charge on any atom is 0.232 e. The van der Waals surface area contributed by atoms with Crippen molar-refractivity contribution in [2.24, 2.45) is 11.3 Å². The lowest BCUT2D eigenvalue weighted by atomic mass is 9.70. The monoisotopic (exact) mass is 399 g/mol. The van der Waals surface area contributed by atoms with Crippen molar-refractivity contribution in [2.45, 2.75) is 47.0 Å². The smallest absolute Gasteiger partial charge is 0.232 e. The van der Waals surface area contributed by atoms with Crippen molar-refractivity contribution in [2.75, 3.05) is 4.90 Å². The number of allylic oxidation sites excluding steroid dienone is 3. The number of ketones is 1. The largest absolute Gasteiger partial charge is 0.294 e. The molecule has 0 bridgehead atoms. The fourth-order valence-electron chi connectivity index (χ4n) is 4.67. The van der Waals surface area contributed by atoms with Gasteiger partial charge in [-0.3, -0.25) is 14.5 Å². The number of nitrogens with zero attached hydrogens (tertiary/aromatic N) is 1. The molecule has 3 heteroatoms. The van der Waals surface area contributed by atoms with Crippen LogP contribution in [0.25, 0.3) is 6.08 Å². The van der Waals surface area contributed by atoms with Crippen molar-refractivity contribution in [3.05, 3.63) is 82.6 Å². The maximum atomic E-state index is 13.4. The third-order valence-corrected chi connectivity index (χ3v) is 6.32. The summed E-state index contributed by atoms with van der Waals surface area (Å²) in [5.74, 6) is 0.0695. The van der Waals surface area contributed by atoms with Crippen molar-refractivity contribution in [3.63, 3.8) is 0 Å². The molecule has 1 heterocycles. The number of aryl methyl sites for hydroxylation is 1. The number of amides is 1. The topological polar surface area (TPSA) is 37.4 Å². The highest BCUT2D eigenvalue weighted by Crippen LogP contribution is 2.46. The average molecular weight is 400 g/mol. The second kappa shape index (κ2) is 7.71. The van der Waals surface area contributed by atoms with E-state index in [9.17, 15) is 9.59 Å². The van der Waals surface area contributed by atoms with Crippen LogP contribution in [0.15, 0.2) is 65.9 Å². The molecule has 0 aromatic heterocycles. The van der Waals surface area contributed by atoms with Gasteiger partial charge in [0.15, 0.2) is 5.78 Å². The molecule has 0 spiro atoms. The lowest BCUT2D eigenvalue weighted by Crippen LogP contribution is -2.44. The maximum absolute atomic E-state index is 13.4. The second-order valence-corrected chi connectivity index (χ2v) is 9.33. The van der Waals surface area contributed by atoms with E-state index in [4.69, 9.17) is 0 Å². The minimum atomic E-state index is -0.169. The minimum absolute atomic E-state index is 0.0654. The van der Waals surface area contributed by atoms with Crippen LogP contribution in [-0.4, -0.2) is 11.7 Å². The summed E-state index contributed by atoms with van der Waals surface area (Å²) >= 11 is 0. The van der Waals surface area contributed by atoms with Gasteiger partial charge in [-0.1, -0.05) is 68.5 Å². The summed E-state index contributed by atoms with van der Waals surface area (Å²) < 4.78 is 0. The number of hydrogen-bond acceptors (Lipinski definition) is 2. The van der Waals surface area contributed by atoms with Crippen molar-refractivity contribution in [1.29, 1.82) is 0 Å². The summed E-state index contributed by atoms with van der Waals surface area (Å²) in [5.41, 5.74) is 5.78. The molecule has 0 radical (unpaired) electrons. The fraction of sp³-hybridized carbons (Fsp3) is 0.333. The van der Waals surface area contributed by atoms with Gasteiger partial charge in [0.25, 0.3) is 0 Å². The quantitative estimate of drug-likeness (QED) is 0.633. The predicted octanol–water partition coefficient (Wildman–Crippen LogP) is 6.01. The molecule has 0 saturated heterocycles. The van der Waals surface area contributed by atoms with Gasteiger partial charge in [0, 0.05) is 30.0 Å². The molecule has 0 saturated carbocycles. The summed E-state index contributed by atoms with van der Waals surface area (Å²) in [6, 6.07) is 16.1. The first kappa shape index (κ1) is 20.3. The van der Waals surface area contributed by atoms with E-state index >= 15 is 0 Å². The lowest BCUT2D eigenvalue weighted by molar-refractivity contribution is -0.121. The lowest BCUT2D eigenvalue weighted by Gasteiger charge is -2.42. The van der Waals surface area contributed by atoms with E-state index < -0.39 is 0 Å². The summed E-state index contributed by atoms with van der Waals surface area (Å²) in [5, 5.41) is 0. The molecule has 154 valence electrons. The van der Waals surface area contributed by atoms with Crippen molar-refractivity contribution >= 4 is 23.5 Å². The standard InChI is InChI=1S/C27H29NO2/c1-18-9-8-12-22(19(18)2)28-23-16-27(3,4)17-24(29)26(23)21(15-25(28)30)14-13-20-10-6-5-7-11-20/h5-14,21H,15-17H2,1-4H3/b14-13+. The summed E-state index contributed by atoms with van der Waals surface area (Å²) in [6.45, 7) is 8.34. The number of hydrogen-bond donors (Lipinski definition) is 0. The van der Waals surface area contributed by atoms with Crippen molar-refractivity contribution in [3.8, 4) is 0 Å². The highest BCUT2D eigenvalue weighted by molar-refractivity contribution is 6.07. The van der Waals surface area contributed by atoms with Gasteiger partial charge in [0.05, 0.1) is 5.69 Å². The first-order valence-electron chi connectivity index (χ1n) is 10.7. The van der Waals surface area contributed by atoms with Gasteiger partial charge < -0.3 is 0 Å². The molecule has 1 unspecified atom stereocenters.